The van der Waals surface area contributed by atoms with Crippen LogP contribution in [-0.4, -0.2) is 30.9 Å². The van der Waals surface area contributed by atoms with E-state index < -0.39 is 0 Å². The van der Waals surface area contributed by atoms with Crippen molar-refractivity contribution in [3.8, 4) is 0 Å². The summed E-state index contributed by atoms with van der Waals surface area (Å²) in [5.41, 5.74) is 0.140. The minimum absolute atomic E-state index is 0.353. The summed E-state index contributed by atoms with van der Waals surface area (Å²) >= 11 is 0. The summed E-state index contributed by atoms with van der Waals surface area (Å²) in [4.78, 5) is 0. The Bertz CT molecular complexity index is 779. The summed E-state index contributed by atoms with van der Waals surface area (Å²) in [6, 6.07) is 0. The molecule has 5 nitrogen and oxygen atoms in total. The predicted molar refractivity (Wildman–Crippen MR) is 122 cm³/mol. The van der Waals surface area contributed by atoms with Crippen molar-refractivity contribution in [3.63, 3.8) is 0 Å². The molecule has 4 fully saturated rings. The van der Waals surface area contributed by atoms with Crippen LogP contribution in [0.25, 0.3) is 0 Å². The predicted octanol–water partition coefficient (Wildman–Crippen LogP) is 5.42. The fraction of sp³-hybridized carbons (Fsp3) is 0.962. The van der Waals surface area contributed by atoms with Gasteiger partial charge in [-0.1, -0.05) is 27.2 Å². The molecule has 1 N–H and O–H groups in total. The van der Waals surface area contributed by atoms with Crippen molar-refractivity contribution in [3.05, 3.63) is 5.82 Å². The first kappa shape index (κ1) is 21.9. The van der Waals surface area contributed by atoms with E-state index in [0.717, 1.165) is 73.6 Å². The molecule has 1 aromatic heterocycles. The Morgan fingerprint density at radius 2 is 1.87 bits per heavy atom. The van der Waals surface area contributed by atoms with E-state index >= 15 is 0 Å². The van der Waals surface area contributed by atoms with Gasteiger partial charge in [-0.25, -0.2) is 4.68 Å². The molecule has 1 aromatic rings. The molecule has 31 heavy (non-hydrogen) atoms. The van der Waals surface area contributed by atoms with Crippen molar-refractivity contribution in [2.24, 2.45) is 46.8 Å². The highest BCUT2D eigenvalue weighted by Crippen LogP contribution is 2.65. The van der Waals surface area contributed by atoms with E-state index in [0.29, 0.717) is 11.3 Å². The standard InChI is InChI=1S/C26H44N4O/c1-5-12-26(31)14-11-20-19(15-26)6-7-22-21(20)10-13-25(4)23(8-9-24(22)25)17(2)16-30-18(3)27-28-29-30/h17,19-24,31H,5-16H2,1-4H3/t17?,19-,20+,21-,22-,23-,24+,25-,26-/m1/s1. The second-order valence-corrected chi connectivity index (χ2v) is 12.3. The Morgan fingerprint density at radius 3 is 2.61 bits per heavy atom. The van der Waals surface area contributed by atoms with E-state index in [-0.39, 0.29) is 5.60 Å². The highest BCUT2D eigenvalue weighted by molar-refractivity contribution is 5.07. The van der Waals surface area contributed by atoms with Crippen molar-refractivity contribution in [2.75, 3.05) is 0 Å². The smallest absolute Gasteiger partial charge is 0.148 e. The summed E-state index contributed by atoms with van der Waals surface area (Å²) < 4.78 is 2.01. The number of fused-ring (bicyclic) bond motifs is 5. The molecule has 0 aromatic carbocycles. The lowest BCUT2D eigenvalue weighted by Gasteiger charge is -2.57. The van der Waals surface area contributed by atoms with Gasteiger partial charge in [0.25, 0.3) is 0 Å². The zero-order valence-corrected chi connectivity index (χ0v) is 20.3. The third-order valence-corrected chi connectivity index (χ3v) is 10.8. The van der Waals surface area contributed by atoms with Crippen molar-refractivity contribution >= 4 is 0 Å². The zero-order chi connectivity index (χ0) is 21.8. The Kier molecular flexibility index (Phi) is 5.72. The highest BCUT2D eigenvalue weighted by Gasteiger charge is 2.58. The van der Waals surface area contributed by atoms with Gasteiger partial charge < -0.3 is 5.11 Å². The van der Waals surface area contributed by atoms with Crippen LogP contribution >= 0.6 is 0 Å². The molecule has 0 spiro atoms. The average molecular weight is 429 g/mol. The second kappa shape index (κ2) is 8.11. The number of nitrogens with zero attached hydrogens (tertiary/aromatic N) is 4. The largest absolute Gasteiger partial charge is 0.390 e. The lowest BCUT2D eigenvalue weighted by atomic mass is 9.48. The van der Waals surface area contributed by atoms with Gasteiger partial charge in [0.1, 0.15) is 5.82 Å². The van der Waals surface area contributed by atoms with E-state index in [1.54, 1.807) is 0 Å². The van der Waals surface area contributed by atoms with Gasteiger partial charge >= 0.3 is 0 Å². The minimum Gasteiger partial charge on any atom is -0.390 e. The Morgan fingerprint density at radius 1 is 1.06 bits per heavy atom. The van der Waals surface area contributed by atoms with Crippen LogP contribution in [0.15, 0.2) is 0 Å². The fourth-order valence-corrected chi connectivity index (χ4v) is 9.45. The molecule has 5 heteroatoms. The van der Waals surface area contributed by atoms with E-state index in [4.69, 9.17) is 0 Å². The van der Waals surface area contributed by atoms with Crippen LogP contribution in [0.4, 0.5) is 0 Å². The highest BCUT2D eigenvalue weighted by atomic mass is 16.3. The van der Waals surface area contributed by atoms with Gasteiger partial charge in [-0.2, -0.15) is 0 Å². The van der Waals surface area contributed by atoms with Crippen LogP contribution in [0.2, 0.25) is 0 Å². The molecule has 0 radical (unpaired) electrons. The van der Waals surface area contributed by atoms with Gasteiger partial charge in [0.2, 0.25) is 0 Å². The van der Waals surface area contributed by atoms with E-state index in [9.17, 15) is 5.11 Å². The minimum atomic E-state index is -0.353. The van der Waals surface area contributed by atoms with Crippen molar-refractivity contribution in [2.45, 2.75) is 110 Å². The molecule has 9 atom stereocenters. The third-order valence-electron chi connectivity index (χ3n) is 10.8. The molecule has 4 saturated carbocycles. The van der Waals surface area contributed by atoms with E-state index in [1.807, 2.05) is 11.6 Å². The summed E-state index contributed by atoms with van der Waals surface area (Å²) in [7, 11) is 0. The lowest BCUT2D eigenvalue weighted by molar-refractivity contribution is -0.110. The molecule has 174 valence electrons. The normalized spacial score (nSPS) is 45.6. The second-order valence-electron chi connectivity index (χ2n) is 12.3. The van der Waals surface area contributed by atoms with Gasteiger partial charge in [0.15, 0.2) is 0 Å². The maximum atomic E-state index is 11.1. The van der Waals surface area contributed by atoms with Crippen LogP contribution in [-0.2, 0) is 6.54 Å². The molecule has 1 heterocycles. The van der Waals surface area contributed by atoms with Gasteiger partial charge in [-0.3, -0.25) is 0 Å². The van der Waals surface area contributed by atoms with Crippen LogP contribution in [0, 0.1) is 53.8 Å². The summed E-state index contributed by atoms with van der Waals surface area (Å²) in [5, 5.41) is 23.3. The number of tetrazole rings is 1. The first-order valence-electron chi connectivity index (χ1n) is 13.3. The Hall–Kier alpha value is -0.970. The monoisotopic (exact) mass is 428 g/mol. The number of aromatic nitrogens is 4. The van der Waals surface area contributed by atoms with E-state index in [1.165, 1.54) is 44.9 Å². The molecule has 5 rings (SSSR count). The maximum absolute atomic E-state index is 11.1. The topological polar surface area (TPSA) is 63.8 Å². The Labute approximate surface area is 188 Å². The molecule has 1 unspecified atom stereocenters. The molecule has 4 aliphatic carbocycles. The molecular weight excluding hydrogens is 384 g/mol. The SMILES string of the molecule is CCC[C@@]1(O)CC[C@H]2[C@H](CC[C@@H]3[C@@H]2CC[C@]2(C)[C@@H](C(C)Cn4nnnc4C)CC[C@@H]32)C1. The number of aliphatic hydroxyl groups is 1. The van der Waals surface area contributed by atoms with Crippen LogP contribution in [0.1, 0.15) is 97.2 Å². The van der Waals surface area contributed by atoms with Crippen LogP contribution < -0.4 is 0 Å². The van der Waals surface area contributed by atoms with Gasteiger partial charge in [0, 0.05) is 6.54 Å². The number of hydrogen-bond acceptors (Lipinski definition) is 4. The van der Waals surface area contributed by atoms with Gasteiger partial charge in [0.05, 0.1) is 5.60 Å². The first-order valence-corrected chi connectivity index (χ1v) is 13.3. The van der Waals surface area contributed by atoms with Crippen molar-refractivity contribution in [1.29, 1.82) is 0 Å². The van der Waals surface area contributed by atoms with Crippen molar-refractivity contribution in [1.82, 2.24) is 20.2 Å². The molecular formula is C26H44N4O. The number of aryl methyl sites for hydroxylation is 1. The van der Waals surface area contributed by atoms with Gasteiger partial charge in [-0.15, -0.1) is 5.10 Å². The first-order chi connectivity index (χ1) is 14.8. The number of rotatable bonds is 5. The zero-order valence-electron chi connectivity index (χ0n) is 20.3. The Balaban J connectivity index is 1.29. The number of hydrogen-bond donors (Lipinski definition) is 1. The summed E-state index contributed by atoms with van der Waals surface area (Å²) in [6.07, 6.45) is 14.0. The summed E-state index contributed by atoms with van der Waals surface area (Å²) in [6.45, 7) is 10.3. The fourth-order valence-electron chi connectivity index (χ4n) is 9.45. The van der Waals surface area contributed by atoms with Crippen LogP contribution in [0.5, 0.6) is 0 Å². The van der Waals surface area contributed by atoms with Crippen LogP contribution in [0.3, 0.4) is 0 Å². The quantitative estimate of drug-likeness (QED) is 0.680. The molecule has 0 amide bonds. The molecule has 0 bridgehead atoms. The molecule has 4 aliphatic rings. The third kappa shape index (κ3) is 3.67. The average Bonchev–Trinajstić information content (AvgIpc) is 3.30. The molecule has 0 saturated heterocycles. The maximum Gasteiger partial charge on any atom is 0.148 e. The summed E-state index contributed by atoms with van der Waals surface area (Å²) in [5.74, 6) is 6.81. The lowest BCUT2D eigenvalue weighted by Crippen LogP contribution is -2.51. The van der Waals surface area contributed by atoms with Gasteiger partial charge in [-0.05, 0) is 128 Å². The van der Waals surface area contributed by atoms with E-state index in [2.05, 4.69) is 36.3 Å². The van der Waals surface area contributed by atoms with Crippen molar-refractivity contribution < 1.29 is 5.11 Å². The molecule has 0 aliphatic heterocycles.